The Hall–Kier alpha value is -0.130. The van der Waals surface area contributed by atoms with Crippen LogP contribution >= 0.6 is 0 Å². The molecule has 1 atom stereocenters. The molecule has 0 radical (unpaired) electrons. The number of nitrogens with one attached hydrogen (secondary N) is 1. The molecule has 2 fully saturated rings. The zero-order chi connectivity index (χ0) is 11.4. The van der Waals surface area contributed by atoms with Crippen LogP contribution in [0, 0.1) is 0 Å². The van der Waals surface area contributed by atoms with Crippen molar-refractivity contribution >= 4 is 9.84 Å². The molecule has 1 N–H and O–H groups in total. The highest BCUT2D eigenvalue weighted by Gasteiger charge is 2.32. The molecular weight excluding hydrogens is 224 g/mol. The summed E-state index contributed by atoms with van der Waals surface area (Å²) < 4.78 is 23.5. The highest BCUT2D eigenvalue weighted by Crippen LogP contribution is 2.21. The van der Waals surface area contributed by atoms with Gasteiger partial charge in [-0.2, -0.15) is 0 Å². The smallest absolute Gasteiger partial charge is 0.154 e. The molecule has 2 aliphatic rings. The van der Waals surface area contributed by atoms with Crippen LogP contribution in [0.5, 0.6) is 0 Å². The van der Waals surface area contributed by atoms with Crippen LogP contribution in [-0.2, 0) is 9.84 Å². The van der Waals surface area contributed by atoms with Crippen LogP contribution < -0.4 is 5.32 Å². The molecule has 0 spiro atoms. The first-order chi connectivity index (χ1) is 7.68. The Bertz CT molecular complexity index is 308. The van der Waals surface area contributed by atoms with Crippen molar-refractivity contribution in [3.63, 3.8) is 0 Å². The average Bonchev–Trinajstić information content (AvgIpc) is 2.50. The van der Waals surface area contributed by atoms with E-state index >= 15 is 0 Å². The standard InChI is InChI=1S/C11H22N2O2S/c14-16(15)9-1-4-11(16)10-13-7-2-5-12-6-3-8-13/h11-12H,1-10H2. The summed E-state index contributed by atoms with van der Waals surface area (Å²) in [5, 5.41) is 3.29. The van der Waals surface area contributed by atoms with E-state index in [2.05, 4.69) is 10.2 Å². The minimum atomic E-state index is -2.76. The summed E-state index contributed by atoms with van der Waals surface area (Å²) in [6.07, 6.45) is 4.00. The topological polar surface area (TPSA) is 49.4 Å². The van der Waals surface area contributed by atoms with Crippen LogP contribution in [0.2, 0.25) is 0 Å². The van der Waals surface area contributed by atoms with Gasteiger partial charge in [-0.15, -0.1) is 0 Å². The maximum Gasteiger partial charge on any atom is 0.154 e. The Labute approximate surface area is 98.3 Å². The summed E-state index contributed by atoms with van der Waals surface area (Å²) in [7, 11) is -2.76. The third-order valence-corrected chi connectivity index (χ3v) is 5.84. The summed E-state index contributed by atoms with van der Waals surface area (Å²) in [4.78, 5) is 2.34. The predicted octanol–water partition coefficient (Wildman–Crippen LogP) is 0.249. The summed E-state index contributed by atoms with van der Waals surface area (Å²) >= 11 is 0. The normalized spacial score (nSPS) is 32.1. The second-order valence-electron chi connectivity index (χ2n) is 4.89. The summed E-state index contributed by atoms with van der Waals surface area (Å²) in [5.41, 5.74) is 0. The van der Waals surface area contributed by atoms with E-state index in [-0.39, 0.29) is 5.25 Å². The van der Waals surface area contributed by atoms with Gasteiger partial charge in [-0.05, 0) is 51.9 Å². The summed E-state index contributed by atoms with van der Waals surface area (Å²) in [6.45, 7) is 4.97. The van der Waals surface area contributed by atoms with E-state index in [1.165, 1.54) is 0 Å². The minimum Gasteiger partial charge on any atom is -0.317 e. The van der Waals surface area contributed by atoms with Crippen LogP contribution in [-0.4, -0.2) is 57.0 Å². The first-order valence-electron chi connectivity index (χ1n) is 6.33. The molecule has 0 aliphatic carbocycles. The lowest BCUT2D eigenvalue weighted by molar-refractivity contribution is 0.250. The van der Waals surface area contributed by atoms with Crippen molar-refractivity contribution in [3.05, 3.63) is 0 Å². The largest absolute Gasteiger partial charge is 0.317 e. The number of hydrogen-bond acceptors (Lipinski definition) is 4. The van der Waals surface area contributed by atoms with E-state index in [0.717, 1.165) is 58.4 Å². The number of sulfone groups is 1. The third-order valence-electron chi connectivity index (χ3n) is 3.58. The molecule has 0 bridgehead atoms. The Morgan fingerprint density at radius 2 is 1.81 bits per heavy atom. The molecule has 0 aromatic heterocycles. The van der Waals surface area contributed by atoms with Crippen molar-refractivity contribution in [1.82, 2.24) is 10.2 Å². The van der Waals surface area contributed by atoms with Gasteiger partial charge in [0.1, 0.15) is 0 Å². The summed E-state index contributed by atoms with van der Waals surface area (Å²) in [6, 6.07) is 0. The van der Waals surface area contributed by atoms with Crippen molar-refractivity contribution in [1.29, 1.82) is 0 Å². The number of rotatable bonds is 2. The lowest BCUT2D eigenvalue weighted by atomic mass is 10.2. The molecule has 0 amide bonds. The lowest BCUT2D eigenvalue weighted by Gasteiger charge is -2.27. The quantitative estimate of drug-likeness (QED) is 0.759. The van der Waals surface area contributed by atoms with E-state index in [1.807, 2.05) is 0 Å². The molecule has 94 valence electrons. The maximum absolute atomic E-state index is 11.8. The molecule has 2 aliphatic heterocycles. The van der Waals surface area contributed by atoms with Crippen molar-refractivity contribution in [3.8, 4) is 0 Å². The monoisotopic (exact) mass is 246 g/mol. The van der Waals surface area contributed by atoms with Gasteiger partial charge in [-0.3, -0.25) is 0 Å². The molecule has 0 aromatic carbocycles. The van der Waals surface area contributed by atoms with Crippen molar-refractivity contribution in [2.45, 2.75) is 30.9 Å². The van der Waals surface area contributed by atoms with Gasteiger partial charge in [0.2, 0.25) is 0 Å². The van der Waals surface area contributed by atoms with E-state index in [9.17, 15) is 8.42 Å². The van der Waals surface area contributed by atoms with Crippen LogP contribution in [0.15, 0.2) is 0 Å². The van der Waals surface area contributed by atoms with Crippen molar-refractivity contribution in [2.75, 3.05) is 38.5 Å². The molecule has 1 unspecified atom stereocenters. The predicted molar refractivity (Wildman–Crippen MR) is 65.4 cm³/mol. The van der Waals surface area contributed by atoms with Gasteiger partial charge in [0.25, 0.3) is 0 Å². The fourth-order valence-corrected chi connectivity index (χ4v) is 4.49. The SMILES string of the molecule is O=S1(=O)CCCC1CN1CCCNCCC1. The Morgan fingerprint density at radius 3 is 2.38 bits per heavy atom. The molecule has 2 rings (SSSR count). The van der Waals surface area contributed by atoms with Gasteiger partial charge >= 0.3 is 0 Å². The van der Waals surface area contributed by atoms with E-state index in [4.69, 9.17) is 0 Å². The third kappa shape index (κ3) is 3.18. The van der Waals surface area contributed by atoms with Gasteiger partial charge in [0.15, 0.2) is 9.84 Å². The second-order valence-corrected chi connectivity index (χ2v) is 7.29. The van der Waals surface area contributed by atoms with Gasteiger partial charge in [0.05, 0.1) is 11.0 Å². The van der Waals surface area contributed by atoms with Crippen LogP contribution in [0.1, 0.15) is 25.7 Å². The zero-order valence-electron chi connectivity index (χ0n) is 9.82. The number of nitrogens with zero attached hydrogens (tertiary/aromatic N) is 1. The fourth-order valence-electron chi connectivity index (χ4n) is 2.63. The Balaban J connectivity index is 1.87. The maximum atomic E-state index is 11.8. The molecule has 0 saturated carbocycles. The van der Waals surface area contributed by atoms with Crippen molar-refractivity contribution in [2.24, 2.45) is 0 Å². The van der Waals surface area contributed by atoms with Crippen LogP contribution in [0.25, 0.3) is 0 Å². The molecule has 2 heterocycles. The molecule has 16 heavy (non-hydrogen) atoms. The summed E-state index contributed by atoms with van der Waals surface area (Å²) in [5.74, 6) is 0.410. The first kappa shape index (κ1) is 12.3. The van der Waals surface area contributed by atoms with Crippen molar-refractivity contribution < 1.29 is 8.42 Å². The molecule has 4 nitrogen and oxygen atoms in total. The Morgan fingerprint density at radius 1 is 1.12 bits per heavy atom. The molecule has 0 aromatic rings. The average molecular weight is 246 g/mol. The van der Waals surface area contributed by atoms with Gasteiger partial charge in [0, 0.05) is 6.54 Å². The van der Waals surface area contributed by atoms with E-state index in [1.54, 1.807) is 0 Å². The zero-order valence-corrected chi connectivity index (χ0v) is 10.6. The van der Waals surface area contributed by atoms with Crippen LogP contribution in [0.3, 0.4) is 0 Å². The minimum absolute atomic E-state index is 0.0834. The highest BCUT2D eigenvalue weighted by atomic mass is 32.2. The van der Waals surface area contributed by atoms with E-state index in [0.29, 0.717) is 5.75 Å². The molecule has 2 saturated heterocycles. The molecular formula is C11H22N2O2S. The van der Waals surface area contributed by atoms with E-state index < -0.39 is 9.84 Å². The lowest BCUT2D eigenvalue weighted by Crippen LogP contribution is -2.39. The Kier molecular flexibility index (Phi) is 4.21. The second kappa shape index (κ2) is 5.47. The van der Waals surface area contributed by atoms with Gasteiger partial charge < -0.3 is 10.2 Å². The molecule has 5 heteroatoms. The highest BCUT2D eigenvalue weighted by molar-refractivity contribution is 7.92. The number of hydrogen-bond donors (Lipinski definition) is 1. The first-order valence-corrected chi connectivity index (χ1v) is 8.05. The fraction of sp³-hybridized carbons (Fsp3) is 1.00. The van der Waals surface area contributed by atoms with Gasteiger partial charge in [-0.25, -0.2) is 8.42 Å². The van der Waals surface area contributed by atoms with Gasteiger partial charge in [-0.1, -0.05) is 0 Å². The van der Waals surface area contributed by atoms with Crippen LogP contribution in [0.4, 0.5) is 0 Å².